The highest BCUT2D eigenvalue weighted by Crippen LogP contribution is 2.17. The zero-order valence-corrected chi connectivity index (χ0v) is 10.7. The molecule has 2 amide bonds. The van der Waals surface area contributed by atoms with E-state index in [0.29, 0.717) is 5.13 Å². The molecule has 0 saturated heterocycles. The zero-order chi connectivity index (χ0) is 13.0. The number of hydrogen-bond acceptors (Lipinski definition) is 4. The fraction of sp³-hybridized carbons (Fsp3) is 0.500. The lowest BCUT2D eigenvalue weighted by atomic mass is 10.3. The molecule has 1 aromatic heterocycles. The Kier molecular flexibility index (Phi) is 4.45. The molecule has 6 nitrogen and oxygen atoms in total. The van der Waals surface area contributed by atoms with Gasteiger partial charge >= 0.3 is 12.0 Å². The van der Waals surface area contributed by atoms with Crippen LogP contribution >= 0.6 is 11.3 Å². The van der Waals surface area contributed by atoms with Gasteiger partial charge in [0, 0.05) is 17.1 Å². The number of thiazole rings is 1. The van der Waals surface area contributed by atoms with Crippen molar-refractivity contribution >= 4 is 28.5 Å². The third-order valence-corrected chi connectivity index (χ3v) is 2.85. The third-order valence-electron chi connectivity index (χ3n) is 2.02. The van der Waals surface area contributed by atoms with Crippen LogP contribution in [0.2, 0.25) is 0 Å². The maximum absolute atomic E-state index is 11.8. The molecule has 0 bridgehead atoms. The summed E-state index contributed by atoms with van der Waals surface area (Å²) in [7, 11) is 0. The molecule has 0 aliphatic heterocycles. The molecule has 2 N–H and O–H groups in total. The molecule has 0 aliphatic carbocycles. The number of aryl methyl sites for hydroxylation is 1. The molecule has 0 radical (unpaired) electrons. The number of aromatic nitrogens is 1. The second-order valence-electron chi connectivity index (χ2n) is 3.82. The van der Waals surface area contributed by atoms with Gasteiger partial charge in [-0.3, -0.25) is 10.1 Å². The summed E-state index contributed by atoms with van der Waals surface area (Å²) in [6.07, 6.45) is 1.65. The Labute approximate surface area is 103 Å². The Bertz CT molecular complexity index is 417. The molecule has 17 heavy (non-hydrogen) atoms. The number of carboxylic acids is 1. The van der Waals surface area contributed by atoms with E-state index < -0.39 is 12.0 Å². The van der Waals surface area contributed by atoms with Crippen LogP contribution in [0.25, 0.3) is 0 Å². The Morgan fingerprint density at radius 2 is 2.24 bits per heavy atom. The van der Waals surface area contributed by atoms with Crippen LogP contribution in [0.4, 0.5) is 9.93 Å². The molecule has 1 rings (SSSR count). The molecule has 0 fully saturated rings. The molecule has 1 aromatic rings. The van der Waals surface area contributed by atoms with Crippen LogP contribution in [0.3, 0.4) is 0 Å². The number of nitrogens with zero attached hydrogens (tertiary/aromatic N) is 2. The summed E-state index contributed by atoms with van der Waals surface area (Å²) >= 11 is 1.35. The Hall–Kier alpha value is -1.63. The number of carbonyl (C=O) groups excluding carboxylic acids is 1. The lowest BCUT2D eigenvalue weighted by molar-refractivity contribution is -0.137. The summed E-state index contributed by atoms with van der Waals surface area (Å²) < 4.78 is 0. The van der Waals surface area contributed by atoms with Crippen LogP contribution in [0.5, 0.6) is 0 Å². The van der Waals surface area contributed by atoms with E-state index in [9.17, 15) is 9.59 Å². The van der Waals surface area contributed by atoms with E-state index in [4.69, 9.17) is 5.11 Å². The van der Waals surface area contributed by atoms with Crippen LogP contribution in [0.1, 0.15) is 18.7 Å². The number of anilines is 1. The molecule has 0 aliphatic rings. The maximum Gasteiger partial charge on any atom is 0.324 e. The van der Waals surface area contributed by atoms with Crippen molar-refractivity contribution in [1.29, 1.82) is 0 Å². The molecule has 1 heterocycles. The molecule has 0 saturated carbocycles. The molecule has 0 unspecified atom stereocenters. The van der Waals surface area contributed by atoms with E-state index in [0.717, 1.165) is 4.88 Å². The van der Waals surface area contributed by atoms with E-state index in [1.165, 1.54) is 16.2 Å². The summed E-state index contributed by atoms with van der Waals surface area (Å²) in [6, 6.07) is -0.635. The van der Waals surface area contributed by atoms with Crippen molar-refractivity contribution in [3.05, 3.63) is 11.1 Å². The van der Waals surface area contributed by atoms with Crippen molar-refractivity contribution in [2.75, 3.05) is 11.9 Å². The summed E-state index contributed by atoms with van der Waals surface area (Å²) in [5.74, 6) is -1.04. The van der Waals surface area contributed by atoms with Gasteiger partial charge in [-0.15, -0.1) is 11.3 Å². The SMILES string of the molecule is Cc1cnc(NC(=O)N(CC(=O)O)C(C)C)s1. The van der Waals surface area contributed by atoms with Gasteiger partial charge in [0.1, 0.15) is 6.54 Å². The number of amides is 2. The second-order valence-corrected chi connectivity index (χ2v) is 5.06. The smallest absolute Gasteiger partial charge is 0.324 e. The van der Waals surface area contributed by atoms with Crippen molar-refractivity contribution in [2.24, 2.45) is 0 Å². The number of rotatable bonds is 4. The fourth-order valence-corrected chi connectivity index (χ4v) is 1.86. The molecule has 0 spiro atoms. The van der Waals surface area contributed by atoms with Gasteiger partial charge in [0.2, 0.25) is 0 Å². The fourth-order valence-electron chi connectivity index (χ4n) is 1.21. The Morgan fingerprint density at radius 1 is 1.59 bits per heavy atom. The summed E-state index contributed by atoms with van der Waals surface area (Å²) in [5.41, 5.74) is 0. The largest absolute Gasteiger partial charge is 0.480 e. The molecule has 7 heteroatoms. The molecule has 0 atom stereocenters. The number of aliphatic carboxylic acids is 1. The van der Waals surface area contributed by atoms with E-state index in [1.807, 2.05) is 6.92 Å². The Morgan fingerprint density at radius 3 is 2.65 bits per heavy atom. The molecular formula is C10H15N3O3S. The van der Waals surface area contributed by atoms with Gasteiger partial charge < -0.3 is 10.0 Å². The van der Waals surface area contributed by atoms with Gasteiger partial charge in [-0.05, 0) is 20.8 Å². The Balaban J connectivity index is 2.68. The summed E-state index contributed by atoms with van der Waals surface area (Å²) in [6.45, 7) is 5.07. The van der Waals surface area contributed by atoms with E-state index in [2.05, 4.69) is 10.3 Å². The lowest BCUT2D eigenvalue weighted by Crippen LogP contribution is -2.43. The van der Waals surface area contributed by atoms with Gasteiger partial charge in [0.15, 0.2) is 5.13 Å². The standard InChI is InChI=1S/C10H15N3O3S/c1-6(2)13(5-8(14)15)10(16)12-9-11-4-7(3)17-9/h4,6H,5H2,1-3H3,(H,14,15)(H,11,12,16). The average Bonchev–Trinajstić information content (AvgIpc) is 2.59. The van der Waals surface area contributed by atoms with Crippen LogP contribution in [0, 0.1) is 6.92 Å². The highest BCUT2D eigenvalue weighted by atomic mass is 32.1. The summed E-state index contributed by atoms with van der Waals surface area (Å²) in [4.78, 5) is 28.7. The van der Waals surface area contributed by atoms with Gasteiger partial charge in [0.05, 0.1) is 0 Å². The first kappa shape index (κ1) is 13.4. The number of nitrogens with one attached hydrogen (secondary N) is 1. The van der Waals surface area contributed by atoms with Gasteiger partial charge in [-0.25, -0.2) is 9.78 Å². The minimum atomic E-state index is -1.04. The normalized spacial score (nSPS) is 10.4. The monoisotopic (exact) mass is 257 g/mol. The predicted molar refractivity (Wildman–Crippen MR) is 65.3 cm³/mol. The molecule has 0 aromatic carbocycles. The topological polar surface area (TPSA) is 82.5 Å². The van der Waals surface area contributed by atoms with Crippen LogP contribution in [-0.2, 0) is 4.79 Å². The predicted octanol–water partition coefficient (Wildman–Crippen LogP) is 1.78. The van der Waals surface area contributed by atoms with E-state index >= 15 is 0 Å². The van der Waals surface area contributed by atoms with Crippen LogP contribution < -0.4 is 5.32 Å². The maximum atomic E-state index is 11.8. The van der Waals surface area contributed by atoms with Crippen LogP contribution in [0.15, 0.2) is 6.20 Å². The van der Waals surface area contributed by atoms with Crippen molar-refractivity contribution in [2.45, 2.75) is 26.8 Å². The zero-order valence-electron chi connectivity index (χ0n) is 9.93. The minimum absolute atomic E-state index is 0.188. The average molecular weight is 257 g/mol. The minimum Gasteiger partial charge on any atom is -0.480 e. The van der Waals surface area contributed by atoms with Crippen molar-refractivity contribution < 1.29 is 14.7 Å². The molecular weight excluding hydrogens is 242 g/mol. The first-order valence-electron chi connectivity index (χ1n) is 5.12. The van der Waals surface area contributed by atoms with Crippen molar-refractivity contribution in [3.63, 3.8) is 0 Å². The van der Waals surface area contributed by atoms with E-state index in [1.54, 1.807) is 20.0 Å². The number of hydrogen-bond donors (Lipinski definition) is 2. The second kappa shape index (κ2) is 5.62. The highest BCUT2D eigenvalue weighted by Gasteiger charge is 2.20. The lowest BCUT2D eigenvalue weighted by Gasteiger charge is -2.24. The number of carbonyl (C=O) groups is 2. The first-order valence-corrected chi connectivity index (χ1v) is 5.93. The van der Waals surface area contributed by atoms with Crippen molar-refractivity contribution in [3.8, 4) is 0 Å². The first-order chi connectivity index (χ1) is 7.90. The van der Waals surface area contributed by atoms with Gasteiger partial charge in [-0.2, -0.15) is 0 Å². The van der Waals surface area contributed by atoms with Crippen molar-refractivity contribution in [1.82, 2.24) is 9.88 Å². The van der Waals surface area contributed by atoms with Gasteiger partial charge in [0.25, 0.3) is 0 Å². The van der Waals surface area contributed by atoms with Crippen LogP contribution in [-0.4, -0.2) is 39.6 Å². The summed E-state index contributed by atoms with van der Waals surface area (Å²) in [5, 5.41) is 11.8. The highest BCUT2D eigenvalue weighted by molar-refractivity contribution is 7.15. The number of urea groups is 1. The van der Waals surface area contributed by atoms with Gasteiger partial charge in [-0.1, -0.05) is 0 Å². The third kappa shape index (κ3) is 4.03. The molecule has 94 valence electrons. The quantitative estimate of drug-likeness (QED) is 0.861. The van der Waals surface area contributed by atoms with E-state index in [-0.39, 0.29) is 12.6 Å². The number of carboxylic acid groups (broad SMARTS) is 1.